The van der Waals surface area contributed by atoms with Gasteiger partial charge in [0.1, 0.15) is 0 Å². The summed E-state index contributed by atoms with van der Waals surface area (Å²) in [5.74, 6) is 1.44. The average molecular weight is 269 g/mol. The van der Waals surface area contributed by atoms with Crippen molar-refractivity contribution < 1.29 is 0 Å². The highest BCUT2D eigenvalue weighted by molar-refractivity contribution is 5.37. The maximum Gasteiger partial charge on any atom is 0.271 e. The molecule has 0 aliphatic heterocycles. The second-order valence-electron chi connectivity index (χ2n) is 5.73. The van der Waals surface area contributed by atoms with Gasteiger partial charge in [-0.3, -0.25) is 4.79 Å². The highest BCUT2D eigenvalue weighted by Crippen LogP contribution is 2.47. The Morgan fingerprint density at radius 3 is 2.65 bits per heavy atom. The number of hydrogen-bond acceptors (Lipinski definition) is 3. The van der Waals surface area contributed by atoms with E-state index in [1.165, 1.54) is 22.7 Å². The molecule has 20 heavy (non-hydrogen) atoms. The van der Waals surface area contributed by atoms with E-state index in [0.717, 1.165) is 18.2 Å². The Bertz CT molecular complexity index is 645. The van der Waals surface area contributed by atoms with Crippen LogP contribution in [0.4, 0.5) is 0 Å². The largest absolute Gasteiger partial charge is 0.309 e. The van der Waals surface area contributed by atoms with Crippen molar-refractivity contribution in [2.45, 2.75) is 12.3 Å². The van der Waals surface area contributed by atoms with Crippen LogP contribution < -0.4 is 5.56 Å². The number of aromatic nitrogens is 2. The molecule has 1 aromatic heterocycles. The second kappa shape index (κ2) is 5.21. The minimum Gasteiger partial charge on any atom is -0.309 e. The summed E-state index contributed by atoms with van der Waals surface area (Å²) >= 11 is 0. The van der Waals surface area contributed by atoms with Crippen LogP contribution in [0.15, 0.2) is 47.4 Å². The van der Waals surface area contributed by atoms with Crippen LogP contribution in [0.2, 0.25) is 0 Å². The van der Waals surface area contributed by atoms with Gasteiger partial charge < -0.3 is 4.90 Å². The van der Waals surface area contributed by atoms with Gasteiger partial charge in [-0.25, -0.2) is 0 Å². The van der Waals surface area contributed by atoms with E-state index in [2.05, 4.69) is 36.2 Å². The quantitative estimate of drug-likeness (QED) is 0.851. The predicted octanol–water partition coefficient (Wildman–Crippen LogP) is 1.90. The van der Waals surface area contributed by atoms with Gasteiger partial charge in [-0.1, -0.05) is 12.1 Å². The van der Waals surface area contributed by atoms with E-state index in [0.29, 0.717) is 5.92 Å². The summed E-state index contributed by atoms with van der Waals surface area (Å²) in [6, 6.07) is 11.4. The molecule has 1 aliphatic carbocycles. The van der Waals surface area contributed by atoms with Gasteiger partial charge >= 0.3 is 0 Å². The highest BCUT2D eigenvalue weighted by atomic mass is 16.1. The molecule has 0 bridgehead atoms. The summed E-state index contributed by atoms with van der Waals surface area (Å²) in [4.78, 5) is 14.0. The summed E-state index contributed by atoms with van der Waals surface area (Å²) in [6.07, 6.45) is 2.89. The average Bonchev–Trinajstić information content (AvgIpc) is 3.18. The molecule has 1 saturated carbocycles. The van der Waals surface area contributed by atoms with Crippen molar-refractivity contribution in [3.63, 3.8) is 0 Å². The van der Waals surface area contributed by atoms with E-state index < -0.39 is 0 Å². The fourth-order valence-electron chi connectivity index (χ4n) is 2.74. The maximum absolute atomic E-state index is 11.7. The van der Waals surface area contributed by atoms with Crippen LogP contribution in [0.1, 0.15) is 17.9 Å². The number of benzene rings is 1. The first-order valence-electron chi connectivity index (χ1n) is 6.94. The molecule has 0 N–H and O–H groups in total. The van der Waals surface area contributed by atoms with Gasteiger partial charge in [0.2, 0.25) is 0 Å². The third kappa shape index (κ3) is 2.65. The van der Waals surface area contributed by atoms with Crippen LogP contribution in [0.3, 0.4) is 0 Å². The minimum absolute atomic E-state index is 0.0999. The lowest BCUT2D eigenvalue weighted by molar-refractivity contribution is 0.385. The summed E-state index contributed by atoms with van der Waals surface area (Å²) in [6.45, 7) is 1.14. The van der Waals surface area contributed by atoms with Gasteiger partial charge in [0.05, 0.1) is 5.69 Å². The monoisotopic (exact) mass is 269 g/mol. The van der Waals surface area contributed by atoms with Crippen LogP contribution in [0.25, 0.3) is 5.69 Å². The molecule has 104 valence electrons. The van der Waals surface area contributed by atoms with Crippen molar-refractivity contribution in [2.75, 3.05) is 20.6 Å². The topological polar surface area (TPSA) is 38.1 Å². The normalized spacial score (nSPS) is 21.1. The third-order valence-electron chi connectivity index (χ3n) is 3.80. The molecule has 1 heterocycles. The zero-order chi connectivity index (χ0) is 14.1. The summed E-state index contributed by atoms with van der Waals surface area (Å²) in [5.41, 5.74) is 2.09. The molecule has 3 rings (SSSR count). The van der Waals surface area contributed by atoms with Crippen LogP contribution in [-0.4, -0.2) is 35.3 Å². The van der Waals surface area contributed by atoms with Crippen LogP contribution >= 0.6 is 0 Å². The highest BCUT2D eigenvalue weighted by Gasteiger charge is 2.38. The van der Waals surface area contributed by atoms with Gasteiger partial charge in [0.25, 0.3) is 5.56 Å². The molecule has 4 heteroatoms. The van der Waals surface area contributed by atoms with Gasteiger partial charge in [-0.15, -0.1) is 0 Å². The van der Waals surface area contributed by atoms with Gasteiger partial charge in [0.15, 0.2) is 0 Å². The van der Waals surface area contributed by atoms with Crippen molar-refractivity contribution in [3.05, 3.63) is 58.5 Å². The van der Waals surface area contributed by atoms with E-state index in [-0.39, 0.29) is 5.56 Å². The zero-order valence-electron chi connectivity index (χ0n) is 11.9. The fourth-order valence-corrected chi connectivity index (χ4v) is 2.74. The molecule has 2 unspecified atom stereocenters. The second-order valence-corrected chi connectivity index (χ2v) is 5.73. The Morgan fingerprint density at radius 1 is 1.25 bits per heavy atom. The number of nitrogens with zero attached hydrogens (tertiary/aromatic N) is 3. The number of hydrogen-bond donors (Lipinski definition) is 0. The summed E-state index contributed by atoms with van der Waals surface area (Å²) in [7, 11) is 4.23. The lowest BCUT2D eigenvalue weighted by atomic mass is 10.1. The van der Waals surface area contributed by atoms with Gasteiger partial charge in [0, 0.05) is 18.8 Å². The Balaban J connectivity index is 1.76. The molecule has 2 aromatic rings. The van der Waals surface area contributed by atoms with E-state index in [1.54, 1.807) is 12.3 Å². The van der Waals surface area contributed by atoms with Crippen molar-refractivity contribution in [1.29, 1.82) is 0 Å². The summed E-state index contributed by atoms with van der Waals surface area (Å²) in [5, 5.41) is 4.09. The zero-order valence-corrected chi connectivity index (χ0v) is 11.9. The minimum atomic E-state index is -0.0999. The molecule has 1 aliphatic rings. The Labute approximate surface area is 118 Å². The van der Waals surface area contributed by atoms with E-state index in [4.69, 9.17) is 0 Å². The fraction of sp³-hybridized carbons (Fsp3) is 0.375. The molecule has 0 radical (unpaired) electrons. The molecule has 0 amide bonds. The van der Waals surface area contributed by atoms with E-state index in [9.17, 15) is 4.79 Å². The predicted molar refractivity (Wildman–Crippen MR) is 79.2 cm³/mol. The van der Waals surface area contributed by atoms with E-state index >= 15 is 0 Å². The van der Waals surface area contributed by atoms with Gasteiger partial charge in [-0.05, 0) is 56.1 Å². The Hall–Kier alpha value is -1.94. The first-order valence-corrected chi connectivity index (χ1v) is 6.94. The SMILES string of the molecule is CN(C)CC1CC1c1ccc(-n2ncccc2=O)cc1. The maximum atomic E-state index is 11.7. The van der Waals surface area contributed by atoms with Crippen LogP contribution in [-0.2, 0) is 0 Å². The van der Waals surface area contributed by atoms with Crippen LogP contribution in [0, 0.1) is 5.92 Å². The van der Waals surface area contributed by atoms with Crippen molar-refractivity contribution >= 4 is 0 Å². The lowest BCUT2D eigenvalue weighted by Crippen LogP contribution is -2.19. The Morgan fingerprint density at radius 2 is 2.00 bits per heavy atom. The molecule has 1 aromatic carbocycles. The van der Waals surface area contributed by atoms with Crippen molar-refractivity contribution in [1.82, 2.24) is 14.7 Å². The third-order valence-corrected chi connectivity index (χ3v) is 3.80. The molecule has 4 nitrogen and oxygen atoms in total. The molecular weight excluding hydrogens is 250 g/mol. The molecule has 1 fully saturated rings. The first kappa shape index (κ1) is 13.1. The standard InChI is InChI=1S/C16H19N3O/c1-18(2)11-13-10-15(13)12-5-7-14(8-6-12)19-16(20)4-3-9-17-19/h3-9,13,15H,10-11H2,1-2H3. The smallest absolute Gasteiger partial charge is 0.271 e. The van der Waals surface area contributed by atoms with E-state index in [1.807, 2.05) is 12.1 Å². The number of rotatable bonds is 4. The summed E-state index contributed by atoms with van der Waals surface area (Å²) < 4.78 is 1.42. The molecule has 2 atom stereocenters. The molecule has 0 spiro atoms. The molecule has 0 saturated heterocycles. The van der Waals surface area contributed by atoms with Crippen LogP contribution in [0.5, 0.6) is 0 Å². The Kier molecular flexibility index (Phi) is 3.40. The lowest BCUT2D eigenvalue weighted by Gasteiger charge is -2.09. The first-order chi connectivity index (χ1) is 9.65. The van der Waals surface area contributed by atoms with Crippen molar-refractivity contribution in [2.24, 2.45) is 5.92 Å². The molecular formula is C16H19N3O. The van der Waals surface area contributed by atoms with Crippen molar-refractivity contribution in [3.8, 4) is 5.69 Å². The van der Waals surface area contributed by atoms with Gasteiger partial charge in [-0.2, -0.15) is 9.78 Å².